The smallest absolute Gasteiger partial charge is 0.216 e. The van der Waals surface area contributed by atoms with Gasteiger partial charge in [-0.25, -0.2) is 0 Å². The number of rotatable bonds is 7. The fourth-order valence-corrected chi connectivity index (χ4v) is 6.88. The van der Waals surface area contributed by atoms with Gasteiger partial charge in [0.05, 0.1) is 13.2 Å². The van der Waals surface area contributed by atoms with Crippen molar-refractivity contribution in [2.75, 3.05) is 13.7 Å². The lowest BCUT2D eigenvalue weighted by atomic mass is 9.69. The Morgan fingerprint density at radius 2 is 1.47 bits per heavy atom. The summed E-state index contributed by atoms with van der Waals surface area (Å²) in [5, 5.41) is 4.66. The van der Waals surface area contributed by atoms with Crippen LogP contribution in [-0.4, -0.2) is 36.5 Å². The van der Waals surface area contributed by atoms with Gasteiger partial charge in [0, 0.05) is 41.0 Å². The maximum Gasteiger partial charge on any atom is 0.216 e. The average Bonchev–Trinajstić information content (AvgIpc) is 3.14. The predicted octanol–water partition coefficient (Wildman–Crippen LogP) is 6.79. The van der Waals surface area contributed by atoms with E-state index in [0.29, 0.717) is 18.6 Å². The first-order valence-electron chi connectivity index (χ1n) is 12.6. The minimum atomic E-state index is -0.147. The Balaban J connectivity index is 1.56. The fourth-order valence-electron chi connectivity index (χ4n) is 6.41. The van der Waals surface area contributed by atoms with Gasteiger partial charge in [0.15, 0.2) is 0 Å². The lowest BCUT2D eigenvalue weighted by Gasteiger charge is -2.50. The molecule has 1 unspecified atom stereocenters. The second-order valence-electron chi connectivity index (χ2n) is 10.1. The number of methoxy groups -OCH3 is 1. The molecule has 2 fully saturated rings. The molecule has 5 rings (SSSR count). The van der Waals surface area contributed by atoms with Crippen LogP contribution in [0.25, 0.3) is 0 Å². The molecule has 0 aromatic heterocycles. The molecule has 2 saturated heterocycles. The van der Waals surface area contributed by atoms with E-state index in [9.17, 15) is 4.79 Å². The first-order valence-corrected chi connectivity index (χ1v) is 13.3. The Kier molecular flexibility index (Phi) is 7.30. The van der Waals surface area contributed by atoms with E-state index in [0.717, 1.165) is 52.6 Å². The van der Waals surface area contributed by atoms with Crippen LogP contribution in [-0.2, 0) is 10.2 Å². The Morgan fingerprint density at radius 3 is 1.94 bits per heavy atom. The molecule has 1 N–H and O–H groups in total. The summed E-state index contributed by atoms with van der Waals surface area (Å²) in [6.45, 7) is 2.22. The van der Waals surface area contributed by atoms with E-state index >= 15 is 0 Å². The molecule has 0 aliphatic carbocycles. The number of carbonyl (C=O) groups excluding carboxylic acids is 1. The number of hydrogen-bond donors (Lipinski definition) is 1. The highest BCUT2D eigenvalue weighted by atomic mass is 35.5. The molecule has 0 saturated carbocycles. The van der Waals surface area contributed by atoms with Gasteiger partial charge in [0.2, 0.25) is 5.91 Å². The summed E-state index contributed by atoms with van der Waals surface area (Å²) in [4.78, 5) is 14.6. The number of ether oxygens (including phenoxy) is 1. The number of amides is 1. The number of nitrogens with zero attached hydrogens (tertiary/aromatic N) is 1. The third kappa shape index (κ3) is 4.74. The van der Waals surface area contributed by atoms with Crippen molar-refractivity contribution in [1.82, 2.24) is 10.2 Å². The predicted molar refractivity (Wildman–Crippen MR) is 146 cm³/mol. The second-order valence-corrected chi connectivity index (χ2v) is 10.9. The molecule has 3 aromatic carbocycles. The third-order valence-corrected chi connectivity index (χ3v) is 8.69. The monoisotopic (exact) mass is 522 g/mol. The lowest BCUT2D eigenvalue weighted by Crippen LogP contribution is -2.54. The summed E-state index contributed by atoms with van der Waals surface area (Å²) in [6, 6.07) is 25.2. The largest absolute Gasteiger partial charge is 0.497 e. The third-order valence-electron chi connectivity index (χ3n) is 8.00. The Hall–Kier alpha value is -2.53. The van der Waals surface area contributed by atoms with Crippen molar-refractivity contribution in [1.29, 1.82) is 0 Å². The van der Waals surface area contributed by atoms with E-state index in [1.807, 2.05) is 36.4 Å². The summed E-state index contributed by atoms with van der Waals surface area (Å²) in [5.41, 5.74) is 3.28. The standard InChI is InChI=1S/C30H32Cl2N2O2/c1-20(35)33-19-30(21-11-15-24(36-2)16-12-21)17-22-13-14-23(18-30)34(22)29(25-7-3-5-9-27(25)31)26-8-4-6-10-28(26)32/h3-12,15-16,22-23,29H,13-14,17-19H2,1-2H3,(H,33,35)/t22-,23+,30?. The molecule has 4 nitrogen and oxygen atoms in total. The van der Waals surface area contributed by atoms with Crippen LogP contribution in [0.2, 0.25) is 10.0 Å². The van der Waals surface area contributed by atoms with Gasteiger partial charge in [0.25, 0.3) is 0 Å². The van der Waals surface area contributed by atoms with Crippen molar-refractivity contribution in [2.45, 2.75) is 56.1 Å². The van der Waals surface area contributed by atoms with Crippen LogP contribution in [0.1, 0.15) is 55.3 Å². The summed E-state index contributed by atoms with van der Waals surface area (Å²) < 4.78 is 5.41. The molecule has 2 heterocycles. The topological polar surface area (TPSA) is 41.6 Å². The number of piperidine rings is 1. The van der Waals surface area contributed by atoms with Gasteiger partial charge in [-0.2, -0.15) is 0 Å². The van der Waals surface area contributed by atoms with Gasteiger partial charge in [0.1, 0.15) is 5.75 Å². The molecule has 3 aromatic rings. The fraction of sp³-hybridized carbons (Fsp3) is 0.367. The van der Waals surface area contributed by atoms with Crippen molar-refractivity contribution in [2.24, 2.45) is 0 Å². The average molecular weight is 524 g/mol. The van der Waals surface area contributed by atoms with Gasteiger partial charge in [-0.15, -0.1) is 0 Å². The number of carbonyl (C=O) groups is 1. The molecule has 188 valence electrons. The first-order chi connectivity index (χ1) is 17.4. The van der Waals surface area contributed by atoms with Crippen LogP contribution >= 0.6 is 23.2 Å². The van der Waals surface area contributed by atoms with E-state index < -0.39 is 0 Å². The summed E-state index contributed by atoms with van der Waals surface area (Å²) in [5.74, 6) is 0.842. The first kappa shape index (κ1) is 25.1. The molecular formula is C30H32Cl2N2O2. The van der Waals surface area contributed by atoms with E-state index in [4.69, 9.17) is 27.9 Å². The summed E-state index contributed by atoms with van der Waals surface area (Å²) >= 11 is 13.6. The van der Waals surface area contributed by atoms with Crippen LogP contribution in [0.15, 0.2) is 72.8 Å². The number of halogens is 2. The van der Waals surface area contributed by atoms with Crippen LogP contribution in [0.5, 0.6) is 5.75 Å². The van der Waals surface area contributed by atoms with Crippen LogP contribution in [0.4, 0.5) is 0 Å². The van der Waals surface area contributed by atoms with Gasteiger partial charge >= 0.3 is 0 Å². The van der Waals surface area contributed by atoms with Crippen molar-refractivity contribution in [3.05, 3.63) is 99.5 Å². The molecule has 36 heavy (non-hydrogen) atoms. The maximum atomic E-state index is 12.0. The van der Waals surface area contributed by atoms with Crippen LogP contribution < -0.4 is 10.1 Å². The Labute approximate surface area is 223 Å². The van der Waals surface area contributed by atoms with Gasteiger partial charge in [-0.3, -0.25) is 9.69 Å². The normalized spacial score (nSPS) is 23.6. The molecule has 2 bridgehead atoms. The highest BCUT2D eigenvalue weighted by Crippen LogP contribution is 2.52. The highest BCUT2D eigenvalue weighted by Gasteiger charge is 2.51. The molecule has 0 spiro atoms. The number of fused-ring (bicyclic) bond motifs is 2. The van der Waals surface area contributed by atoms with Gasteiger partial charge < -0.3 is 10.1 Å². The van der Waals surface area contributed by atoms with E-state index in [1.54, 1.807) is 14.0 Å². The van der Waals surface area contributed by atoms with Gasteiger partial charge in [-0.1, -0.05) is 71.7 Å². The van der Waals surface area contributed by atoms with Crippen molar-refractivity contribution in [3.8, 4) is 5.75 Å². The molecule has 0 radical (unpaired) electrons. The van der Waals surface area contributed by atoms with Crippen molar-refractivity contribution in [3.63, 3.8) is 0 Å². The van der Waals surface area contributed by atoms with Crippen LogP contribution in [0, 0.1) is 0 Å². The Morgan fingerprint density at radius 1 is 0.944 bits per heavy atom. The molecule has 2 aliphatic rings. The van der Waals surface area contributed by atoms with Gasteiger partial charge in [-0.05, 0) is 66.6 Å². The summed E-state index contributed by atoms with van der Waals surface area (Å²) in [7, 11) is 1.68. The van der Waals surface area contributed by atoms with E-state index in [1.165, 1.54) is 5.56 Å². The minimum absolute atomic E-state index is 0.00248. The Bertz CT molecular complexity index is 1170. The molecule has 3 atom stereocenters. The van der Waals surface area contributed by atoms with Crippen molar-refractivity contribution >= 4 is 29.1 Å². The quantitative estimate of drug-likeness (QED) is 0.371. The number of nitrogens with one attached hydrogen (secondary N) is 1. The molecule has 1 amide bonds. The molecule has 6 heteroatoms. The van der Waals surface area contributed by atoms with E-state index in [-0.39, 0.29) is 17.4 Å². The number of hydrogen-bond acceptors (Lipinski definition) is 3. The zero-order valence-corrected chi connectivity index (χ0v) is 22.2. The van der Waals surface area contributed by atoms with E-state index in [2.05, 4.69) is 46.6 Å². The molecular weight excluding hydrogens is 491 g/mol. The molecule has 2 aliphatic heterocycles. The van der Waals surface area contributed by atoms with Crippen molar-refractivity contribution < 1.29 is 9.53 Å². The SMILES string of the molecule is COc1ccc(C2(CNC(C)=O)C[C@H]3CC[C@@H](C2)N3C(c2ccccc2Cl)c2ccccc2Cl)cc1. The maximum absolute atomic E-state index is 12.0. The summed E-state index contributed by atoms with van der Waals surface area (Å²) in [6.07, 6.45) is 4.10. The lowest BCUT2D eigenvalue weighted by molar-refractivity contribution is -0.119. The zero-order chi connectivity index (χ0) is 25.3. The van der Waals surface area contributed by atoms with Crippen LogP contribution in [0.3, 0.4) is 0 Å². The minimum Gasteiger partial charge on any atom is -0.497 e. The second kappa shape index (κ2) is 10.5. The zero-order valence-electron chi connectivity index (χ0n) is 20.7. The highest BCUT2D eigenvalue weighted by molar-refractivity contribution is 6.32. The number of benzene rings is 3.